The quantitative estimate of drug-likeness (QED) is 0.768. The fraction of sp³-hybridized carbons (Fsp3) is 0.455. The molecule has 0 radical (unpaired) electrons. The van der Waals surface area contributed by atoms with Crippen molar-refractivity contribution in [3.63, 3.8) is 0 Å². The minimum atomic E-state index is -0.216. The number of aryl methyl sites for hydroxylation is 1. The van der Waals surface area contributed by atoms with Crippen LogP contribution in [0.1, 0.15) is 60.1 Å². The molecule has 1 aliphatic rings. The smallest absolute Gasteiger partial charge is 0.0433 e. The zero-order valence-electron chi connectivity index (χ0n) is 16.2. The molecule has 3 rings (SSSR count). The predicted molar refractivity (Wildman–Crippen MR) is 110 cm³/mol. The molecule has 0 unspecified atom stereocenters. The van der Waals surface area contributed by atoms with Gasteiger partial charge in [0, 0.05) is 13.9 Å². The molecule has 2 heteroatoms. The van der Waals surface area contributed by atoms with E-state index in [2.05, 4.69) is 60.8 Å². The van der Waals surface area contributed by atoms with E-state index >= 15 is 0 Å². The maximum Gasteiger partial charge on any atom is 0.0433 e. The van der Waals surface area contributed by atoms with Gasteiger partial charge in [0.15, 0.2) is 0 Å². The fourth-order valence-corrected chi connectivity index (χ4v) is 2.61. The Hall–Kier alpha value is -1.64. The molecule has 0 saturated heterocycles. The van der Waals surface area contributed by atoms with Crippen molar-refractivity contribution in [3.05, 3.63) is 71.3 Å². The van der Waals surface area contributed by atoms with E-state index in [-0.39, 0.29) is 8.39 Å². The van der Waals surface area contributed by atoms with E-state index in [0.717, 1.165) is 0 Å². The molecule has 0 atom stereocenters. The summed E-state index contributed by atoms with van der Waals surface area (Å²) in [5.41, 5.74) is 9.93. The fourth-order valence-electron chi connectivity index (χ4n) is 2.61. The lowest BCUT2D eigenvalue weighted by molar-refractivity contribution is 0.554. The van der Waals surface area contributed by atoms with Crippen molar-refractivity contribution in [1.82, 2.24) is 5.32 Å². The van der Waals surface area contributed by atoms with Crippen LogP contribution in [0.4, 0.5) is 0 Å². The van der Waals surface area contributed by atoms with Gasteiger partial charge in [-0.15, -0.1) is 0 Å². The number of hydrogen-bond acceptors (Lipinski definition) is 2. The van der Waals surface area contributed by atoms with Crippen molar-refractivity contribution in [3.8, 4) is 0 Å². The molecular formula is C22H38N2. The molecule has 1 aliphatic carbocycles. The number of hydrogen-bond donors (Lipinski definition) is 2. The molecule has 2 aromatic carbocycles. The summed E-state index contributed by atoms with van der Waals surface area (Å²) in [5, 5.41) is 3.37. The zero-order chi connectivity index (χ0) is 18.2. The van der Waals surface area contributed by atoms with E-state index < -0.39 is 0 Å². The van der Waals surface area contributed by atoms with Crippen LogP contribution in [0.3, 0.4) is 0 Å². The van der Waals surface area contributed by atoms with Gasteiger partial charge in [-0.2, -0.15) is 0 Å². The summed E-state index contributed by atoms with van der Waals surface area (Å²) in [4.78, 5) is 0. The number of rotatable bonds is 3. The van der Waals surface area contributed by atoms with Crippen LogP contribution < -0.4 is 11.1 Å². The van der Waals surface area contributed by atoms with Gasteiger partial charge in [0.05, 0.1) is 0 Å². The highest BCUT2D eigenvalue weighted by atomic mass is 15.0. The molecule has 2 aromatic rings. The summed E-state index contributed by atoms with van der Waals surface area (Å²) in [6, 6.07) is 19.0. The third-order valence-corrected chi connectivity index (χ3v) is 4.32. The van der Waals surface area contributed by atoms with E-state index in [1.165, 1.54) is 29.5 Å². The first-order valence-corrected chi connectivity index (χ1v) is 8.98. The van der Waals surface area contributed by atoms with Gasteiger partial charge in [-0.05, 0) is 51.8 Å². The Morgan fingerprint density at radius 1 is 1.00 bits per heavy atom. The second-order valence-corrected chi connectivity index (χ2v) is 6.79. The largest absolute Gasteiger partial charge is 0.322 e. The van der Waals surface area contributed by atoms with Crippen LogP contribution >= 0.6 is 0 Å². The maximum atomic E-state index is 5.93. The Kier molecular flexibility index (Phi) is 7.65. The van der Waals surface area contributed by atoms with Crippen molar-refractivity contribution < 1.29 is 2.85 Å². The standard InChI is InChI=1S/C10H13N.C10H15N.C2H6.2H2/c1-11-10(7-8-10)9-5-3-2-4-6-9;1-8-5-4-6-9(7-8)10(2,3)11;1-2;;/h2-6,11H,7-8H2,1H3;4-7H,11H2,1-3H3;1-2H3;2*1H. The molecule has 0 bridgehead atoms. The first-order valence-electron chi connectivity index (χ1n) is 8.98. The SMILES string of the molecule is CC.CNC1(c2ccccc2)CC1.Cc1cccc(C(C)(C)N)c1.[HH].[HH]. The van der Waals surface area contributed by atoms with Gasteiger partial charge in [-0.3, -0.25) is 0 Å². The predicted octanol–water partition coefficient (Wildman–Crippen LogP) is 5.60. The number of nitrogens with one attached hydrogen (secondary N) is 1. The highest BCUT2D eigenvalue weighted by molar-refractivity contribution is 5.29. The van der Waals surface area contributed by atoms with Crippen molar-refractivity contribution in [1.29, 1.82) is 0 Å². The van der Waals surface area contributed by atoms with E-state index in [1.54, 1.807) is 0 Å². The lowest BCUT2D eigenvalue weighted by atomic mass is 9.94. The summed E-state index contributed by atoms with van der Waals surface area (Å²) in [5.74, 6) is 0. The molecule has 0 heterocycles. The molecule has 2 nitrogen and oxygen atoms in total. The molecule has 24 heavy (non-hydrogen) atoms. The Bertz CT molecular complexity index is 603. The monoisotopic (exact) mass is 330 g/mol. The maximum absolute atomic E-state index is 5.93. The highest BCUT2D eigenvalue weighted by Gasteiger charge is 2.42. The minimum absolute atomic E-state index is 0. The van der Waals surface area contributed by atoms with Gasteiger partial charge < -0.3 is 11.1 Å². The molecule has 1 saturated carbocycles. The first kappa shape index (κ1) is 20.4. The topological polar surface area (TPSA) is 38.0 Å². The van der Waals surface area contributed by atoms with Crippen molar-refractivity contribution in [2.24, 2.45) is 5.73 Å². The van der Waals surface area contributed by atoms with Gasteiger partial charge >= 0.3 is 0 Å². The van der Waals surface area contributed by atoms with Crippen LogP contribution in [-0.4, -0.2) is 7.05 Å². The third kappa shape index (κ3) is 5.77. The second kappa shape index (κ2) is 9.00. The summed E-state index contributed by atoms with van der Waals surface area (Å²) >= 11 is 0. The lowest BCUT2D eigenvalue weighted by Gasteiger charge is -2.19. The molecule has 136 valence electrons. The molecule has 3 N–H and O–H groups in total. The van der Waals surface area contributed by atoms with Gasteiger partial charge in [0.2, 0.25) is 0 Å². The van der Waals surface area contributed by atoms with Gasteiger partial charge in [-0.25, -0.2) is 0 Å². The average Bonchev–Trinajstić information content (AvgIpc) is 3.39. The van der Waals surface area contributed by atoms with Crippen LogP contribution in [0.5, 0.6) is 0 Å². The number of benzene rings is 2. The Morgan fingerprint density at radius 3 is 1.96 bits per heavy atom. The summed E-state index contributed by atoms with van der Waals surface area (Å²) in [6.07, 6.45) is 2.57. The van der Waals surface area contributed by atoms with Crippen LogP contribution in [0.15, 0.2) is 54.6 Å². The van der Waals surface area contributed by atoms with E-state index in [9.17, 15) is 0 Å². The molecule has 0 aliphatic heterocycles. The van der Waals surface area contributed by atoms with Gasteiger partial charge in [-0.1, -0.05) is 74.0 Å². The van der Waals surface area contributed by atoms with Gasteiger partial charge in [0.1, 0.15) is 0 Å². The van der Waals surface area contributed by atoms with Gasteiger partial charge in [0.25, 0.3) is 0 Å². The first-order chi connectivity index (χ1) is 11.4. The Labute approximate surface area is 151 Å². The molecule has 0 spiro atoms. The highest BCUT2D eigenvalue weighted by Crippen LogP contribution is 2.44. The number of nitrogens with two attached hydrogens (primary N) is 1. The Morgan fingerprint density at radius 2 is 1.58 bits per heavy atom. The van der Waals surface area contributed by atoms with Crippen molar-refractivity contribution in [2.75, 3.05) is 7.05 Å². The van der Waals surface area contributed by atoms with Crippen LogP contribution in [-0.2, 0) is 11.1 Å². The van der Waals surface area contributed by atoms with Crippen molar-refractivity contribution in [2.45, 2.75) is 58.5 Å². The van der Waals surface area contributed by atoms with Crippen LogP contribution in [0.25, 0.3) is 0 Å². The lowest BCUT2D eigenvalue weighted by Crippen LogP contribution is -2.28. The van der Waals surface area contributed by atoms with E-state index in [4.69, 9.17) is 5.73 Å². The van der Waals surface area contributed by atoms with E-state index in [0.29, 0.717) is 5.54 Å². The second-order valence-electron chi connectivity index (χ2n) is 6.79. The summed E-state index contributed by atoms with van der Waals surface area (Å²) < 4.78 is 0. The average molecular weight is 331 g/mol. The molecule has 0 amide bonds. The third-order valence-electron chi connectivity index (χ3n) is 4.32. The van der Waals surface area contributed by atoms with Crippen LogP contribution in [0.2, 0.25) is 0 Å². The Balaban J connectivity index is 0. The van der Waals surface area contributed by atoms with Crippen molar-refractivity contribution >= 4 is 0 Å². The summed E-state index contributed by atoms with van der Waals surface area (Å²) in [7, 11) is 2.04. The normalized spacial score (nSPS) is 14.6. The molecule has 1 fully saturated rings. The summed E-state index contributed by atoms with van der Waals surface area (Å²) in [6.45, 7) is 10.1. The zero-order valence-corrected chi connectivity index (χ0v) is 16.2. The minimum Gasteiger partial charge on any atom is -0.322 e. The molecule has 0 aromatic heterocycles. The van der Waals surface area contributed by atoms with Crippen LogP contribution in [0, 0.1) is 6.92 Å². The van der Waals surface area contributed by atoms with E-state index in [1.807, 2.05) is 40.8 Å². The molecular weight excluding hydrogens is 292 g/mol.